The molecule has 12 heterocycles. The minimum absolute atomic E-state index is 0.0720. The molecule has 0 radical (unpaired) electrons. The molecule has 0 aliphatic carbocycles. The monoisotopic (exact) mass is 1700 g/mol. The molecule has 0 aliphatic heterocycles. The van der Waals surface area contributed by atoms with Crippen molar-refractivity contribution in [1.29, 1.82) is 0 Å². The molecular weight excluding hydrogens is 1610 g/mol. The van der Waals surface area contributed by atoms with Crippen LogP contribution < -0.4 is 23.7 Å². The average Bonchev–Trinajstić information content (AvgIpc) is 1.55. The molecule has 0 saturated heterocycles. The minimum Gasteiger partial charge on any atom is -0.497 e. The zero-order valence-corrected chi connectivity index (χ0v) is 69.4. The molecule has 16 aromatic rings. The van der Waals surface area contributed by atoms with E-state index in [1.807, 2.05) is 218 Å². The van der Waals surface area contributed by atoms with Crippen LogP contribution >= 0.6 is 0 Å². The zero-order valence-electron chi connectivity index (χ0n) is 69.4. The molecule has 0 N–H and O–H groups in total. The molecule has 0 fully saturated rings. The van der Waals surface area contributed by atoms with Crippen LogP contribution in [-0.2, 0) is 91.6 Å². The van der Waals surface area contributed by atoms with Gasteiger partial charge in [0.05, 0.1) is 151 Å². The molecule has 35 heteroatoms. The van der Waals surface area contributed by atoms with E-state index < -0.39 is 11.3 Å². The van der Waals surface area contributed by atoms with Gasteiger partial charge in [-0.1, -0.05) is 93.6 Å². The van der Waals surface area contributed by atoms with E-state index in [9.17, 15) is 23.3 Å². The van der Waals surface area contributed by atoms with E-state index in [4.69, 9.17) is 18.9 Å². The van der Waals surface area contributed by atoms with Gasteiger partial charge < -0.3 is 23.7 Å². The summed E-state index contributed by atoms with van der Waals surface area (Å²) in [5.41, 5.74) is 14.5. The van der Waals surface area contributed by atoms with Crippen molar-refractivity contribution in [1.82, 2.24) is 119 Å². The Morgan fingerprint density at radius 2 is 0.611 bits per heavy atom. The van der Waals surface area contributed by atoms with Crippen molar-refractivity contribution >= 4 is 5.69 Å². The smallest absolute Gasteiger partial charge is 0.497 e. The summed E-state index contributed by atoms with van der Waals surface area (Å²) >= 11 is 0. The minimum atomic E-state index is -4.73. The van der Waals surface area contributed by atoms with Gasteiger partial charge in [0.1, 0.15) is 11.5 Å². The number of rotatable bonds is 36. The Hall–Kier alpha value is -15.3. The Labute approximate surface area is 724 Å². The number of halogens is 3. The van der Waals surface area contributed by atoms with Gasteiger partial charge in [0.25, 0.3) is 5.69 Å². The first-order chi connectivity index (χ1) is 61.6. The van der Waals surface area contributed by atoms with Crippen molar-refractivity contribution in [3.05, 3.63) is 394 Å². The molecule has 642 valence electrons. The summed E-state index contributed by atoms with van der Waals surface area (Å²) in [7, 11) is 6.41. The topological polar surface area (TPSA) is 328 Å². The maximum atomic E-state index is 12.3. The average molecular weight is 1700 g/mol. The summed E-state index contributed by atoms with van der Waals surface area (Å²) in [6.07, 6.45) is 17.1. The van der Waals surface area contributed by atoms with Crippen LogP contribution in [-0.4, -0.2) is 159 Å². The number of aromatic nitrogens is 20. The number of methoxy groups -OCH3 is 4. The maximum absolute atomic E-state index is 12.3. The lowest BCUT2D eigenvalue weighted by Gasteiger charge is -2.20. The second kappa shape index (κ2) is 45.5. The fraction of sp³-hybridized carbons (Fsp3) is 0.209. The first-order valence-electron chi connectivity index (χ1n) is 39.8. The Morgan fingerprint density at radius 3 is 0.889 bits per heavy atom. The van der Waals surface area contributed by atoms with Gasteiger partial charge in [-0.15, -0.1) is 33.6 Å². The van der Waals surface area contributed by atoms with Crippen molar-refractivity contribution in [3.8, 4) is 40.1 Å². The van der Waals surface area contributed by atoms with E-state index in [1.165, 1.54) is 41.1 Å². The summed E-state index contributed by atoms with van der Waals surface area (Å²) in [4.78, 5) is 54.8. The predicted octanol–water partition coefficient (Wildman–Crippen LogP) is 14.0. The number of non-ortho nitro benzene ring substituents is 1. The highest BCUT2D eigenvalue weighted by Gasteiger charge is 2.31. The van der Waals surface area contributed by atoms with Crippen LogP contribution in [0.1, 0.15) is 79.5 Å². The van der Waals surface area contributed by atoms with Gasteiger partial charge >= 0.3 is 6.36 Å². The predicted molar refractivity (Wildman–Crippen MR) is 459 cm³/mol. The van der Waals surface area contributed by atoms with E-state index in [-0.39, 0.29) is 11.4 Å². The first-order valence-corrected chi connectivity index (χ1v) is 39.8. The molecular formula is C91H90F3N25O7. The molecule has 0 aliphatic rings. The summed E-state index contributed by atoms with van der Waals surface area (Å²) in [5, 5.41) is 45.0. The lowest BCUT2D eigenvalue weighted by Crippen LogP contribution is -2.23. The Kier molecular flexibility index (Phi) is 32.0. The molecule has 0 atom stereocenters. The molecule has 4 aromatic carbocycles. The normalized spacial score (nSPS) is 11.1. The van der Waals surface area contributed by atoms with Gasteiger partial charge in [0.2, 0.25) is 5.75 Å². The Morgan fingerprint density at radius 1 is 0.325 bits per heavy atom. The van der Waals surface area contributed by atoms with Crippen molar-refractivity contribution < 1.29 is 41.8 Å². The van der Waals surface area contributed by atoms with Gasteiger partial charge in [-0.05, 0) is 145 Å². The number of alkyl halides is 3. The van der Waals surface area contributed by atoms with E-state index in [2.05, 4.69) is 105 Å². The van der Waals surface area contributed by atoms with Crippen LogP contribution in [0.3, 0.4) is 0 Å². The SMILES string of the molecule is COc1cc(-n2cc(CN(Cc3ccccn3)Cc3ccccn3)nn2)cc(OC)c1OC.COc1ccc(Cn2cc(CN(Cc3ccccn3)Cc3ccccn3)nn2)cc1.FC(F)(F)Oc1ccc(-n2cc(CN(Cc3ccccn3)Cc3ccccn3)nn2)cc1.O=[N+]([O-])c1ccc(Cn2cc(CN(Cc3ccccn3)Cc3ccccn3)nn2)cc1. The summed E-state index contributed by atoms with van der Waals surface area (Å²) in [6, 6.07) is 70.5. The highest BCUT2D eigenvalue weighted by Crippen LogP contribution is 2.39. The van der Waals surface area contributed by atoms with Crippen LogP contribution in [0, 0.1) is 10.1 Å². The van der Waals surface area contributed by atoms with Crippen LogP contribution in [0.5, 0.6) is 28.7 Å². The third-order valence-electron chi connectivity index (χ3n) is 18.9. The lowest BCUT2D eigenvalue weighted by atomic mass is 10.2. The Balaban J connectivity index is 0.000000144. The van der Waals surface area contributed by atoms with Gasteiger partial charge in [-0.25, -0.2) is 18.7 Å². The molecule has 16 rings (SSSR count). The Bertz CT molecular complexity index is 5700. The van der Waals surface area contributed by atoms with Crippen molar-refractivity contribution in [2.24, 2.45) is 0 Å². The van der Waals surface area contributed by atoms with E-state index in [1.54, 1.807) is 93.3 Å². The molecule has 0 saturated carbocycles. The van der Waals surface area contributed by atoms with Crippen LogP contribution in [0.4, 0.5) is 18.9 Å². The molecule has 32 nitrogen and oxygen atoms in total. The van der Waals surface area contributed by atoms with Gasteiger partial charge in [0.15, 0.2) is 11.5 Å². The lowest BCUT2D eigenvalue weighted by molar-refractivity contribution is -0.384. The number of benzene rings is 4. The van der Waals surface area contributed by atoms with Crippen LogP contribution in [0.2, 0.25) is 0 Å². The molecule has 0 unspecified atom stereocenters. The number of pyridine rings is 8. The third-order valence-corrected chi connectivity index (χ3v) is 18.9. The maximum Gasteiger partial charge on any atom is 0.573 e. The molecule has 126 heavy (non-hydrogen) atoms. The standard InChI is InChI=1S/C24H26N6O3.C23H24N6O.C22H19F3N6O.C22H21N7O2/c1-31-22-12-21(13-23(32-2)24(22)33-3)30-17-20(27-28-30)16-29(14-18-8-4-6-10-25-18)15-19-9-5-7-11-26-19;1-30-23-10-8-19(9-11-23)14-29-18-22(26-27-29)17-28(15-20-6-2-4-12-24-20)16-21-7-3-5-13-25-21;23-22(24,25)32-21-9-7-20(8-10-21)31-16-19(28-29-31)15-30(13-17-5-1-3-11-26-17)14-18-6-2-4-12-27-18;30-29(31)22-9-7-18(8-10-22)13-28-17-21(25-26-28)16-27(14-19-5-1-3-11-23-19)15-20-6-2-4-12-24-20/h4-13,17H,14-16H2,1-3H3;2-13,18H,14-17H2,1H3;1-12,16H,13-15H2;1-12,17H,13-16H2. The fourth-order valence-corrected chi connectivity index (χ4v) is 13.2. The van der Waals surface area contributed by atoms with E-state index in [0.717, 1.165) is 85.2 Å². The second-order valence-corrected chi connectivity index (χ2v) is 28.5. The molecule has 0 bridgehead atoms. The van der Waals surface area contributed by atoms with Gasteiger partial charge in [-0.2, -0.15) is 0 Å². The number of nitro benzene ring substituents is 1. The molecule has 12 aromatic heterocycles. The van der Waals surface area contributed by atoms with Crippen molar-refractivity contribution in [3.63, 3.8) is 0 Å². The second-order valence-electron chi connectivity index (χ2n) is 28.5. The highest BCUT2D eigenvalue weighted by atomic mass is 19.4. The van der Waals surface area contributed by atoms with E-state index >= 15 is 0 Å². The molecule has 0 spiro atoms. The fourth-order valence-electron chi connectivity index (χ4n) is 13.2. The third kappa shape index (κ3) is 28.1. The number of hydrogen-bond acceptors (Lipinski definition) is 27. The summed E-state index contributed by atoms with van der Waals surface area (Å²) < 4.78 is 69.2. The quantitative estimate of drug-likeness (QED) is 0.0260. The number of nitrogens with zero attached hydrogens (tertiary/aromatic N) is 25. The highest BCUT2D eigenvalue weighted by molar-refractivity contribution is 5.58. The molecule has 0 amide bonds. The number of hydrogen-bond donors (Lipinski definition) is 0. The number of ether oxygens (including phenoxy) is 5. The van der Waals surface area contributed by atoms with Gasteiger partial charge in [-0.3, -0.25) is 69.6 Å². The van der Waals surface area contributed by atoms with Gasteiger partial charge in [0, 0.05) is 152 Å². The van der Waals surface area contributed by atoms with Crippen LogP contribution in [0.15, 0.2) is 305 Å². The first kappa shape index (κ1) is 88.5. The van der Waals surface area contributed by atoms with Crippen molar-refractivity contribution in [2.75, 3.05) is 28.4 Å². The van der Waals surface area contributed by atoms with Crippen LogP contribution in [0.25, 0.3) is 11.4 Å². The summed E-state index contributed by atoms with van der Waals surface area (Å²) in [6.45, 7) is 8.72. The zero-order chi connectivity index (χ0) is 87.5. The van der Waals surface area contributed by atoms with Crippen molar-refractivity contribution in [2.45, 2.75) is 98.0 Å². The number of nitro groups is 1. The largest absolute Gasteiger partial charge is 0.573 e. The van der Waals surface area contributed by atoms with E-state index in [0.29, 0.717) is 120 Å². The summed E-state index contributed by atoms with van der Waals surface area (Å²) in [5.74, 6) is 2.18.